The second-order valence-corrected chi connectivity index (χ2v) is 8.88. The molecule has 0 bridgehead atoms. The van der Waals surface area contributed by atoms with Gasteiger partial charge < -0.3 is 15.0 Å². The number of para-hydroxylation sites is 3. The van der Waals surface area contributed by atoms with E-state index in [0.717, 1.165) is 36.6 Å². The molecule has 0 saturated heterocycles. The molecule has 7 nitrogen and oxygen atoms in total. The van der Waals surface area contributed by atoms with Crippen molar-refractivity contribution in [3.8, 4) is 11.4 Å². The molecule has 2 aromatic carbocycles. The first-order valence-electron chi connectivity index (χ1n) is 10.7. The Morgan fingerprint density at radius 2 is 1.94 bits per heavy atom. The second kappa shape index (κ2) is 8.70. The maximum Gasteiger partial charge on any atom is 0.283 e. The van der Waals surface area contributed by atoms with Gasteiger partial charge >= 0.3 is 0 Å². The second-order valence-electron chi connectivity index (χ2n) is 7.94. The lowest BCUT2D eigenvalue weighted by molar-refractivity contribution is -0.119. The van der Waals surface area contributed by atoms with Crippen LogP contribution in [0.4, 0.5) is 0 Å². The van der Waals surface area contributed by atoms with Crippen LogP contribution < -0.4 is 15.6 Å². The average molecular weight is 449 g/mol. The molecule has 0 aliphatic heterocycles. The number of benzene rings is 2. The summed E-state index contributed by atoms with van der Waals surface area (Å²) in [5, 5.41) is 4.44. The summed E-state index contributed by atoms with van der Waals surface area (Å²) in [6.07, 6.45) is 4.37. The van der Waals surface area contributed by atoms with Crippen molar-refractivity contribution < 1.29 is 9.53 Å². The minimum absolute atomic E-state index is 0.0400. The van der Waals surface area contributed by atoms with Crippen LogP contribution in [-0.2, 0) is 4.79 Å². The number of aromatic nitrogens is 3. The topological polar surface area (TPSA) is 89.0 Å². The summed E-state index contributed by atoms with van der Waals surface area (Å²) in [6, 6.07) is 15.3. The highest BCUT2D eigenvalue weighted by molar-refractivity contribution is 7.99. The van der Waals surface area contributed by atoms with Gasteiger partial charge in [0, 0.05) is 16.9 Å². The molecule has 1 saturated carbocycles. The summed E-state index contributed by atoms with van der Waals surface area (Å²) in [5.74, 6) is 0.706. The number of hydrogen-bond donors (Lipinski definition) is 2. The number of methoxy groups -OCH3 is 1. The van der Waals surface area contributed by atoms with Crippen molar-refractivity contribution in [2.24, 2.45) is 0 Å². The third-order valence-electron chi connectivity index (χ3n) is 5.87. The molecule has 0 radical (unpaired) electrons. The molecular weight excluding hydrogens is 424 g/mol. The molecule has 164 valence electrons. The molecule has 1 aliphatic rings. The summed E-state index contributed by atoms with van der Waals surface area (Å²) >= 11 is 1.26. The predicted molar refractivity (Wildman–Crippen MR) is 127 cm³/mol. The standard InChI is InChI=1S/C24H24N4O3S/c1-31-19-13-7-6-12-18(19)28-23(30)22-21(16-10-4-5-11-17(16)26-22)27-24(28)32-14-20(29)25-15-8-2-3-9-15/h4-7,10-13,15,26H,2-3,8-9,14H2,1H3,(H,25,29). The van der Waals surface area contributed by atoms with Crippen molar-refractivity contribution in [3.05, 3.63) is 58.9 Å². The van der Waals surface area contributed by atoms with Crippen LogP contribution >= 0.6 is 11.8 Å². The van der Waals surface area contributed by atoms with Gasteiger partial charge in [-0.25, -0.2) is 9.55 Å². The van der Waals surface area contributed by atoms with E-state index in [1.54, 1.807) is 13.2 Å². The minimum Gasteiger partial charge on any atom is -0.495 e. The molecule has 1 fully saturated rings. The Labute approximate surface area is 189 Å². The molecule has 2 aromatic heterocycles. The van der Waals surface area contributed by atoms with Crippen LogP contribution in [0.15, 0.2) is 58.5 Å². The zero-order chi connectivity index (χ0) is 22.1. The van der Waals surface area contributed by atoms with Gasteiger partial charge in [-0.1, -0.05) is 54.9 Å². The number of rotatable bonds is 6. The molecular formula is C24H24N4O3S. The summed E-state index contributed by atoms with van der Waals surface area (Å²) < 4.78 is 7.04. The van der Waals surface area contributed by atoms with E-state index in [1.807, 2.05) is 42.5 Å². The Morgan fingerprint density at radius 3 is 2.75 bits per heavy atom. The van der Waals surface area contributed by atoms with E-state index < -0.39 is 0 Å². The number of nitrogens with zero attached hydrogens (tertiary/aromatic N) is 2. The van der Waals surface area contributed by atoms with Crippen LogP contribution in [0.25, 0.3) is 27.6 Å². The molecule has 0 atom stereocenters. The number of nitrogens with one attached hydrogen (secondary N) is 2. The number of ether oxygens (including phenoxy) is 1. The minimum atomic E-state index is -0.227. The number of hydrogen-bond acceptors (Lipinski definition) is 5. The van der Waals surface area contributed by atoms with Crippen molar-refractivity contribution >= 4 is 39.6 Å². The lowest BCUT2D eigenvalue weighted by Crippen LogP contribution is -2.34. The van der Waals surface area contributed by atoms with Gasteiger partial charge in [-0.2, -0.15) is 0 Å². The Balaban J connectivity index is 1.60. The van der Waals surface area contributed by atoms with Crippen molar-refractivity contribution in [2.45, 2.75) is 36.9 Å². The molecule has 1 amide bonds. The van der Waals surface area contributed by atoms with Crippen molar-refractivity contribution in [1.82, 2.24) is 19.9 Å². The third-order valence-corrected chi connectivity index (χ3v) is 6.81. The quantitative estimate of drug-likeness (QED) is 0.343. The van der Waals surface area contributed by atoms with Crippen LogP contribution in [0, 0.1) is 0 Å². The zero-order valence-electron chi connectivity index (χ0n) is 17.8. The van der Waals surface area contributed by atoms with Gasteiger partial charge in [0.05, 0.1) is 18.6 Å². The maximum atomic E-state index is 13.6. The number of aromatic amines is 1. The Hall–Kier alpha value is -3.26. The van der Waals surface area contributed by atoms with E-state index in [0.29, 0.717) is 27.6 Å². The summed E-state index contributed by atoms with van der Waals surface area (Å²) in [5.41, 5.74) is 2.24. The monoisotopic (exact) mass is 448 g/mol. The highest BCUT2D eigenvalue weighted by Crippen LogP contribution is 2.29. The Morgan fingerprint density at radius 1 is 1.19 bits per heavy atom. The van der Waals surface area contributed by atoms with Gasteiger partial charge in [-0.3, -0.25) is 9.59 Å². The fourth-order valence-corrected chi connectivity index (χ4v) is 5.15. The molecule has 2 heterocycles. The summed E-state index contributed by atoms with van der Waals surface area (Å²) in [6.45, 7) is 0. The molecule has 2 N–H and O–H groups in total. The molecule has 8 heteroatoms. The molecule has 0 spiro atoms. The van der Waals surface area contributed by atoms with Crippen molar-refractivity contribution in [1.29, 1.82) is 0 Å². The van der Waals surface area contributed by atoms with Crippen molar-refractivity contribution in [2.75, 3.05) is 12.9 Å². The number of carbonyl (C=O) groups excluding carboxylic acids is 1. The fourth-order valence-electron chi connectivity index (χ4n) is 4.34. The molecule has 1 aliphatic carbocycles. The molecule has 32 heavy (non-hydrogen) atoms. The normalized spacial score (nSPS) is 14.3. The molecule has 5 rings (SSSR count). The summed E-state index contributed by atoms with van der Waals surface area (Å²) in [7, 11) is 1.57. The van der Waals surface area contributed by atoms with Gasteiger partial charge in [0.25, 0.3) is 5.56 Å². The lowest BCUT2D eigenvalue weighted by Gasteiger charge is -2.15. The van der Waals surface area contributed by atoms with Crippen LogP contribution in [0.2, 0.25) is 0 Å². The lowest BCUT2D eigenvalue weighted by atomic mass is 10.2. The van der Waals surface area contributed by atoms with E-state index in [9.17, 15) is 9.59 Å². The van der Waals surface area contributed by atoms with Crippen LogP contribution in [0.5, 0.6) is 5.75 Å². The number of fused-ring (bicyclic) bond motifs is 3. The number of H-pyrrole nitrogens is 1. The number of amides is 1. The van der Waals surface area contributed by atoms with E-state index in [4.69, 9.17) is 9.72 Å². The first-order chi connectivity index (χ1) is 15.7. The van der Waals surface area contributed by atoms with E-state index in [1.165, 1.54) is 16.3 Å². The van der Waals surface area contributed by atoms with Gasteiger partial charge in [0.15, 0.2) is 5.16 Å². The van der Waals surface area contributed by atoms with E-state index in [2.05, 4.69) is 10.3 Å². The average Bonchev–Trinajstić information content (AvgIpc) is 3.46. The van der Waals surface area contributed by atoms with Crippen LogP contribution in [0.3, 0.4) is 0 Å². The fraction of sp³-hybridized carbons (Fsp3) is 0.292. The predicted octanol–water partition coefficient (Wildman–Crippen LogP) is 4.03. The Kier molecular flexibility index (Phi) is 5.61. The van der Waals surface area contributed by atoms with Crippen molar-refractivity contribution in [3.63, 3.8) is 0 Å². The van der Waals surface area contributed by atoms with E-state index >= 15 is 0 Å². The summed E-state index contributed by atoms with van der Waals surface area (Å²) in [4.78, 5) is 34.3. The number of thioether (sulfide) groups is 1. The zero-order valence-corrected chi connectivity index (χ0v) is 18.6. The molecule has 0 unspecified atom stereocenters. The highest BCUT2D eigenvalue weighted by atomic mass is 32.2. The van der Waals surface area contributed by atoms with Gasteiger partial charge in [0.2, 0.25) is 5.91 Å². The van der Waals surface area contributed by atoms with Gasteiger partial charge in [-0.05, 0) is 31.0 Å². The van der Waals surface area contributed by atoms with Crippen LogP contribution in [0.1, 0.15) is 25.7 Å². The van der Waals surface area contributed by atoms with Crippen LogP contribution in [-0.4, -0.2) is 39.3 Å². The van der Waals surface area contributed by atoms with E-state index in [-0.39, 0.29) is 23.3 Å². The highest BCUT2D eigenvalue weighted by Gasteiger charge is 2.21. The maximum absolute atomic E-state index is 13.6. The first-order valence-corrected chi connectivity index (χ1v) is 11.7. The third kappa shape index (κ3) is 3.75. The molecule has 4 aromatic rings. The first kappa shape index (κ1) is 20.6. The largest absolute Gasteiger partial charge is 0.495 e. The van der Waals surface area contributed by atoms with Gasteiger partial charge in [0.1, 0.15) is 16.8 Å². The smallest absolute Gasteiger partial charge is 0.283 e. The Bertz CT molecular complexity index is 1350. The van der Waals surface area contributed by atoms with Gasteiger partial charge in [-0.15, -0.1) is 0 Å². The SMILES string of the molecule is COc1ccccc1-n1c(SCC(=O)NC2CCCC2)nc2c([nH]c3ccccc32)c1=O. The number of carbonyl (C=O) groups is 1.